The molecule has 0 aliphatic heterocycles. The summed E-state index contributed by atoms with van der Waals surface area (Å²) in [7, 11) is 0. The normalized spacial score (nSPS) is 11.4. The Morgan fingerprint density at radius 1 is 0.310 bits per heavy atom. The van der Waals surface area contributed by atoms with Gasteiger partial charge < -0.3 is 0 Å². The molecule has 0 spiro atoms. The quantitative estimate of drug-likeness (QED) is 0.126. The summed E-state index contributed by atoms with van der Waals surface area (Å²) in [6, 6.07) is 73.4. The number of benzene rings is 9. The molecule has 0 N–H and O–H groups in total. The summed E-state index contributed by atoms with van der Waals surface area (Å²) in [5, 5.41) is 8.74. The van der Waals surface area contributed by atoms with Crippen LogP contribution in [0.3, 0.4) is 0 Å². The summed E-state index contributed by atoms with van der Waals surface area (Å²) in [5.41, 5.74) is 12.9. The molecule has 0 amide bonds. The van der Waals surface area contributed by atoms with Crippen molar-refractivity contribution in [2.75, 3.05) is 0 Å². The van der Waals surface area contributed by atoms with Gasteiger partial charge in [-0.2, -0.15) is 0 Å². The van der Waals surface area contributed by atoms with Crippen LogP contribution in [0.1, 0.15) is 0 Å². The Balaban J connectivity index is 0.946. The van der Waals surface area contributed by atoms with Gasteiger partial charge in [0.05, 0.1) is 16.9 Å². The Morgan fingerprint density at radius 2 is 0.845 bits per heavy atom. The molecular formula is C55H35N3. The molecule has 3 nitrogen and oxygen atoms in total. The van der Waals surface area contributed by atoms with E-state index in [-0.39, 0.29) is 0 Å². The van der Waals surface area contributed by atoms with Crippen LogP contribution in [0.5, 0.6) is 0 Å². The van der Waals surface area contributed by atoms with E-state index >= 15 is 0 Å². The summed E-state index contributed by atoms with van der Waals surface area (Å²) in [6.07, 6.45) is 1.88. The van der Waals surface area contributed by atoms with Crippen molar-refractivity contribution >= 4 is 43.2 Å². The molecule has 58 heavy (non-hydrogen) atoms. The van der Waals surface area contributed by atoms with Crippen LogP contribution < -0.4 is 0 Å². The van der Waals surface area contributed by atoms with E-state index in [1.165, 1.54) is 49.0 Å². The Hall–Kier alpha value is -7.75. The fourth-order valence-electron chi connectivity index (χ4n) is 8.43. The van der Waals surface area contributed by atoms with Crippen molar-refractivity contribution in [3.8, 4) is 67.3 Å². The highest BCUT2D eigenvalue weighted by Crippen LogP contribution is 2.41. The molecule has 2 heterocycles. The number of pyridine rings is 1. The average Bonchev–Trinajstić information content (AvgIpc) is 3.31. The van der Waals surface area contributed by atoms with Crippen molar-refractivity contribution < 1.29 is 0 Å². The molecule has 0 fully saturated rings. The molecule has 0 unspecified atom stereocenters. The van der Waals surface area contributed by atoms with Crippen molar-refractivity contribution in [3.05, 3.63) is 212 Å². The monoisotopic (exact) mass is 737 g/mol. The van der Waals surface area contributed by atoms with Crippen LogP contribution >= 0.6 is 0 Å². The molecule has 0 atom stereocenters. The number of nitrogens with zero attached hydrogens (tertiary/aromatic N) is 3. The number of rotatable bonds is 6. The van der Waals surface area contributed by atoms with E-state index in [1.54, 1.807) is 0 Å². The van der Waals surface area contributed by atoms with E-state index in [0.717, 1.165) is 55.7 Å². The second-order valence-electron chi connectivity index (χ2n) is 14.8. The van der Waals surface area contributed by atoms with E-state index in [2.05, 4.69) is 187 Å². The van der Waals surface area contributed by atoms with Crippen molar-refractivity contribution in [2.45, 2.75) is 0 Å². The number of hydrogen-bond donors (Lipinski definition) is 0. The zero-order valence-electron chi connectivity index (χ0n) is 31.5. The minimum absolute atomic E-state index is 0.700. The predicted molar refractivity (Wildman–Crippen MR) is 242 cm³/mol. The molecule has 3 heteroatoms. The molecule has 270 valence electrons. The van der Waals surface area contributed by atoms with Gasteiger partial charge in [-0.1, -0.05) is 182 Å². The fourth-order valence-corrected chi connectivity index (χ4v) is 8.43. The summed E-state index contributed by atoms with van der Waals surface area (Å²) in [5.74, 6) is 0.700. The Kier molecular flexibility index (Phi) is 8.15. The molecule has 9 aromatic carbocycles. The molecule has 0 radical (unpaired) electrons. The molecule has 0 aliphatic carbocycles. The standard InChI is InChI=1S/C55H35N3/c1-2-11-43(12-3-1)55-57-51(35-52(58-55)41-27-22-39(23-28-41)46-32-33-56-50-17-9-8-16-49(46)50)40-25-18-36(19-26-40)37-20-29-42(30-21-37)53-48-15-7-5-13-44(48)34-45-31-24-38-10-4-6-14-47(38)54(45)53/h1-35H. The first-order chi connectivity index (χ1) is 28.7. The fraction of sp³-hybridized carbons (Fsp3) is 0. The summed E-state index contributed by atoms with van der Waals surface area (Å²) >= 11 is 0. The van der Waals surface area contributed by atoms with Gasteiger partial charge in [0, 0.05) is 28.3 Å². The Morgan fingerprint density at radius 3 is 1.55 bits per heavy atom. The minimum Gasteiger partial charge on any atom is -0.256 e. The van der Waals surface area contributed by atoms with Crippen LogP contribution in [-0.4, -0.2) is 15.0 Å². The van der Waals surface area contributed by atoms with Gasteiger partial charge in [-0.3, -0.25) is 4.98 Å². The maximum atomic E-state index is 5.10. The molecule has 11 aromatic rings. The van der Waals surface area contributed by atoms with Crippen molar-refractivity contribution in [2.24, 2.45) is 0 Å². The van der Waals surface area contributed by atoms with Crippen molar-refractivity contribution in [3.63, 3.8) is 0 Å². The molecule has 2 aromatic heterocycles. The molecule has 0 saturated carbocycles. The summed E-state index contributed by atoms with van der Waals surface area (Å²) in [6.45, 7) is 0. The first-order valence-electron chi connectivity index (χ1n) is 19.7. The number of para-hydroxylation sites is 1. The lowest BCUT2D eigenvalue weighted by Crippen LogP contribution is -1.96. The van der Waals surface area contributed by atoms with Crippen LogP contribution in [0.15, 0.2) is 212 Å². The van der Waals surface area contributed by atoms with Crippen LogP contribution in [0.2, 0.25) is 0 Å². The van der Waals surface area contributed by atoms with E-state index in [0.29, 0.717) is 5.82 Å². The first-order valence-corrected chi connectivity index (χ1v) is 19.7. The van der Waals surface area contributed by atoms with Crippen molar-refractivity contribution in [1.82, 2.24) is 15.0 Å². The third-order valence-corrected chi connectivity index (χ3v) is 11.3. The van der Waals surface area contributed by atoms with Crippen LogP contribution in [0.4, 0.5) is 0 Å². The highest BCUT2D eigenvalue weighted by molar-refractivity contribution is 6.22. The summed E-state index contributed by atoms with van der Waals surface area (Å²) in [4.78, 5) is 14.7. The maximum Gasteiger partial charge on any atom is 0.160 e. The van der Waals surface area contributed by atoms with E-state index in [4.69, 9.17) is 9.97 Å². The lowest BCUT2D eigenvalue weighted by atomic mass is 9.88. The van der Waals surface area contributed by atoms with E-state index in [1.807, 2.05) is 30.5 Å². The van der Waals surface area contributed by atoms with Gasteiger partial charge >= 0.3 is 0 Å². The molecule has 0 bridgehead atoms. The van der Waals surface area contributed by atoms with Crippen molar-refractivity contribution in [1.29, 1.82) is 0 Å². The van der Waals surface area contributed by atoms with Gasteiger partial charge in [-0.15, -0.1) is 0 Å². The topological polar surface area (TPSA) is 38.7 Å². The van der Waals surface area contributed by atoms with Gasteiger partial charge in [0.2, 0.25) is 0 Å². The minimum atomic E-state index is 0.700. The average molecular weight is 738 g/mol. The Bertz CT molecular complexity index is 3290. The molecule has 0 aliphatic rings. The maximum absolute atomic E-state index is 5.10. The zero-order valence-corrected chi connectivity index (χ0v) is 31.5. The molecule has 0 saturated heterocycles. The second kappa shape index (κ2) is 14.1. The van der Waals surface area contributed by atoms with Gasteiger partial charge in [-0.05, 0) is 90.0 Å². The van der Waals surface area contributed by atoms with E-state index in [9.17, 15) is 0 Å². The Labute approximate surface area is 336 Å². The van der Waals surface area contributed by atoms with Gasteiger partial charge in [0.1, 0.15) is 0 Å². The van der Waals surface area contributed by atoms with Gasteiger partial charge in [-0.25, -0.2) is 9.97 Å². The predicted octanol–water partition coefficient (Wildman–Crippen LogP) is 14.5. The number of fused-ring (bicyclic) bond motifs is 5. The third-order valence-electron chi connectivity index (χ3n) is 11.3. The second-order valence-corrected chi connectivity index (χ2v) is 14.8. The van der Waals surface area contributed by atoms with E-state index < -0.39 is 0 Å². The smallest absolute Gasteiger partial charge is 0.160 e. The summed E-state index contributed by atoms with van der Waals surface area (Å²) < 4.78 is 0. The zero-order chi connectivity index (χ0) is 38.4. The molecule has 11 rings (SSSR count). The highest BCUT2D eigenvalue weighted by atomic mass is 14.9. The lowest BCUT2D eigenvalue weighted by molar-refractivity contribution is 1.18. The number of hydrogen-bond acceptors (Lipinski definition) is 3. The van der Waals surface area contributed by atoms with Crippen LogP contribution in [0.25, 0.3) is 111 Å². The SMILES string of the molecule is c1ccc(-c2nc(-c3ccc(-c4ccc(-c5c6ccccc6cc6ccc7ccccc7c56)cc4)cc3)cc(-c3ccc(-c4ccnc5ccccc45)cc3)n2)cc1. The van der Waals surface area contributed by atoms with Crippen LogP contribution in [-0.2, 0) is 0 Å². The number of aromatic nitrogens is 3. The lowest BCUT2D eigenvalue weighted by Gasteiger charge is -2.15. The first kappa shape index (κ1) is 33.6. The van der Waals surface area contributed by atoms with Gasteiger partial charge in [0.25, 0.3) is 0 Å². The third kappa shape index (κ3) is 5.98. The van der Waals surface area contributed by atoms with Gasteiger partial charge in [0.15, 0.2) is 5.82 Å². The van der Waals surface area contributed by atoms with Crippen LogP contribution in [0, 0.1) is 0 Å². The molecular weight excluding hydrogens is 703 g/mol. The largest absolute Gasteiger partial charge is 0.256 e. The highest BCUT2D eigenvalue weighted by Gasteiger charge is 2.15.